The van der Waals surface area contributed by atoms with E-state index in [0.29, 0.717) is 23.3 Å². The molecule has 0 radical (unpaired) electrons. The highest BCUT2D eigenvalue weighted by Gasteiger charge is 2.12. The highest BCUT2D eigenvalue weighted by atomic mass is 32.2. The summed E-state index contributed by atoms with van der Waals surface area (Å²) in [5.41, 5.74) is 0.983. The molecule has 1 N–H and O–H groups in total. The standard InChI is InChI=1S/C16H27NO2S/c1-5-12-20(18,19)16-10-8-15(9-11-16)17-14(4)7-6-13(2)3/h8-11,13-14,17H,5-7,12H2,1-4H3. The van der Waals surface area contributed by atoms with E-state index in [1.54, 1.807) is 12.1 Å². The topological polar surface area (TPSA) is 46.2 Å². The molecule has 1 aromatic carbocycles. The first-order valence-corrected chi connectivity index (χ1v) is 9.09. The summed E-state index contributed by atoms with van der Waals surface area (Å²) in [6, 6.07) is 7.50. The first-order chi connectivity index (χ1) is 9.35. The first kappa shape index (κ1) is 17.0. The quantitative estimate of drug-likeness (QED) is 0.785. The van der Waals surface area contributed by atoms with Gasteiger partial charge in [-0.25, -0.2) is 8.42 Å². The maximum Gasteiger partial charge on any atom is 0.178 e. The molecule has 3 nitrogen and oxygen atoms in total. The normalized spacial score (nSPS) is 13.4. The molecule has 0 amide bonds. The molecule has 0 spiro atoms. The van der Waals surface area contributed by atoms with E-state index >= 15 is 0 Å². The lowest BCUT2D eigenvalue weighted by atomic mass is 10.0. The van der Waals surface area contributed by atoms with Crippen LogP contribution in [0.2, 0.25) is 0 Å². The van der Waals surface area contributed by atoms with E-state index in [0.717, 1.165) is 12.1 Å². The fourth-order valence-electron chi connectivity index (χ4n) is 2.09. The Labute approximate surface area is 123 Å². The van der Waals surface area contributed by atoms with Gasteiger partial charge in [0.05, 0.1) is 10.6 Å². The summed E-state index contributed by atoms with van der Waals surface area (Å²) in [6.07, 6.45) is 2.96. The number of anilines is 1. The Morgan fingerprint density at radius 1 is 1.05 bits per heavy atom. The van der Waals surface area contributed by atoms with Crippen LogP contribution in [0.1, 0.15) is 47.0 Å². The summed E-state index contributed by atoms with van der Waals surface area (Å²) in [4.78, 5) is 0.416. The second-order valence-electron chi connectivity index (χ2n) is 5.86. The summed E-state index contributed by atoms with van der Waals surface area (Å²) in [6.45, 7) is 8.48. The van der Waals surface area contributed by atoms with Gasteiger partial charge >= 0.3 is 0 Å². The maximum atomic E-state index is 11.9. The molecule has 1 unspecified atom stereocenters. The SMILES string of the molecule is CCCS(=O)(=O)c1ccc(NC(C)CCC(C)C)cc1. The van der Waals surface area contributed by atoms with Gasteiger partial charge in [0.2, 0.25) is 0 Å². The molecule has 4 heteroatoms. The third kappa shape index (κ3) is 5.53. The first-order valence-electron chi connectivity index (χ1n) is 7.44. The monoisotopic (exact) mass is 297 g/mol. The van der Waals surface area contributed by atoms with Crippen molar-refractivity contribution in [2.45, 2.75) is 57.9 Å². The zero-order valence-electron chi connectivity index (χ0n) is 13.0. The minimum Gasteiger partial charge on any atom is -0.383 e. The zero-order valence-corrected chi connectivity index (χ0v) is 13.8. The number of sulfone groups is 1. The molecule has 114 valence electrons. The van der Waals surface area contributed by atoms with Crippen molar-refractivity contribution in [2.24, 2.45) is 5.92 Å². The van der Waals surface area contributed by atoms with Crippen LogP contribution >= 0.6 is 0 Å². The van der Waals surface area contributed by atoms with E-state index < -0.39 is 9.84 Å². The van der Waals surface area contributed by atoms with Gasteiger partial charge in [-0.1, -0.05) is 20.8 Å². The van der Waals surface area contributed by atoms with Gasteiger partial charge in [-0.15, -0.1) is 0 Å². The van der Waals surface area contributed by atoms with E-state index in [1.165, 1.54) is 6.42 Å². The summed E-state index contributed by atoms with van der Waals surface area (Å²) in [7, 11) is -3.10. The van der Waals surface area contributed by atoms with Crippen LogP contribution in [0.3, 0.4) is 0 Å². The second kappa shape index (κ2) is 7.67. The molecule has 0 fully saturated rings. The lowest BCUT2D eigenvalue weighted by Gasteiger charge is -2.16. The van der Waals surface area contributed by atoms with Crippen molar-refractivity contribution in [1.82, 2.24) is 0 Å². The molecule has 0 bridgehead atoms. The van der Waals surface area contributed by atoms with E-state index in [2.05, 4.69) is 26.1 Å². The third-order valence-electron chi connectivity index (χ3n) is 3.28. The Morgan fingerprint density at radius 2 is 1.65 bits per heavy atom. The van der Waals surface area contributed by atoms with Crippen molar-refractivity contribution in [2.75, 3.05) is 11.1 Å². The molecule has 0 aliphatic heterocycles. The molecule has 0 heterocycles. The van der Waals surface area contributed by atoms with Gasteiger partial charge < -0.3 is 5.32 Å². The van der Waals surface area contributed by atoms with Crippen LogP contribution in [0.25, 0.3) is 0 Å². The highest BCUT2D eigenvalue weighted by Crippen LogP contribution is 2.18. The van der Waals surface area contributed by atoms with E-state index in [9.17, 15) is 8.42 Å². The zero-order chi connectivity index (χ0) is 15.2. The van der Waals surface area contributed by atoms with Crippen molar-refractivity contribution in [1.29, 1.82) is 0 Å². The van der Waals surface area contributed by atoms with Crippen molar-refractivity contribution < 1.29 is 8.42 Å². The number of nitrogens with one attached hydrogen (secondary N) is 1. The molecule has 1 rings (SSSR count). The smallest absolute Gasteiger partial charge is 0.178 e. The summed E-state index contributed by atoms with van der Waals surface area (Å²) in [5, 5.41) is 3.41. The van der Waals surface area contributed by atoms with Crippen LogP contribution in [-0.2, 0) is 9.84 Å². The number of rotatable bonds is 8. The summed E-state index contributed by atoms with van der Waals surface area (Å²) < 4.78 is 23.8. The summed E-state index contributed by atoms with van der Waals surface area (Å²) >= 11 is 0. The van der Waals surface area contributed by atoms with Crippen LogP contribution in [0.4, 0.5) is 5.69 Å². The molecule has 1 aromatic rings. The average molecular weight is 297 g/mol. The average Bonchev–Trinajstić information content (AvgIpc) is 2.37. The number of hydrogen-bond acceptors (Lipinski definition) is 3. The van der Waals surface area contributed by atoms with Gasteiger partial charge in [-0.2, -0.15) is 0 Å². The highest BCUT2D eigenvalue weighted by molar-refractivity contribution is 7.91. The Kier molecular flexibility index (Phi) is 6.53. The van der Waals surface area contributed by atoms with Gasteiger partial charge in [-0.3, -0.25) is 0 Å². The molecule has 0 saturated carbocycles. The second-order valence-corrected chi connectivity index (χ2v) is 7.97. The molecule has 20 heavy (non-hydrogen) atoms. The van der Waals surface area contributed by atoms with Crippen molar-refractivity contribution in [3.05, 3.63) is 24.3 Å². The van der Waals surface area contributed by atoms with Crippen molar-refractivity contribution in [3.63, 3.8) is 0 Å². The van der Waals surface area contributed by atoms with Gasteiger partial charge in [0.1, 0.15) is 0 Å². The van der Waals surface area contributed by atoms with E-state index in [1.807, 2.05) is 19.1 Å². The molecule has 0 aromatic heterocycles. The third-order valence-corrected chi connectivity index (χ3v) is 5.21. The lowest BCUT2D eigenvalue weighted by molar-refractivity contribution is 0.527. The van der Waals surface area contributed by atoms with Crippen LogP contribution in [0.15, 0.2) is 29.2 Å². The lowest BCUT2D eigenvalue weighted by Crippen LogP contribution is -2.15. The number of hydrogen-bond donors (Lipinski definition) is 1. The van der Waals surface area contributed by atoms with E-state index in [-0.39, 0.29) is 5.75 Å². The largest absolute Gasteiger partial charge is 0.383 e. The Bertz CT molecular complexity index is 492. The molecule has 0 aliphatic carbocycles. The Morgan fingerprint density at radius 3 is 2.15 bits per heavy atom. The fraction of sp³-hybridized carbons (Fsp3) is 0.625. The number of benzene rings is 1. The fourth-order valence-corrected chi connectivity index (χ4v) is 3.41. The minimum atomic E-state index is -3.10. The van der Waals surface area contributed by atoms with Crippen LogP contribution in [0, 0.1) is 5.92 Å². The van der Waals surface area contributed by atoms with E-state index in [4.69, 9.17) is 0 Å². The van der Waals surface area contributed by atoms with Gasteiger partial charge in [0.25, 0.3) is 0 Å². The molecule has 0 saturated heterocycles. The van der Waals surface area contributed by atoms with Gasteiger partial charge in [-0.05, 0) is 56.4 Å². The van der Waals surface area contributed by atoms with Crippen molar-refractivity contribution >= 4 is 15.5 Å². The maximum absolute atomic E-state index is 11.9. The van der Waals surface area contributed by atoms with Gasteiger partial charge in [0, 0.05) is 11.7 Å². The molecule has 0 aliphatic rings. The van der Waals surface area contributed by atoms with Crippen LogP contribution < -0.4 is 5.32 Å². The molecular formula is C16H27NO2S. The Balaban J connectivity index is 2.63. The van der Waals surface area contributed by atoms with Gasteiger partial charge in [0.15, 0.2) is 9.84 Å². The predicted molar refractivity (Wildman–Crippen MR) is 85.9 cm³/mol. The van der Waals surface area contributed by atoms with Crippen LogP contribution in [-0.4, -0.2) is 20.2 Å². The Hall–Kier alpha value is -1.03. The molecule has 1 atom stereocenters. The summed E-state index contributed by atoms with van der Waals surface area (Å²) in [5.74, 6) is 0.922. The predicted octanol–water partition coefficient (Wildman–Crippen LogP) is 4.11. The molecular weight excluding hydrogens is 270 g/mol. The van der Waals surface area contributed by atoms with Crippen molar-refractivity contribution in [3.8, 4) is 0 Å². The van der Waals surface area contributed by atoms with Crippen LogP contribution in [0.5, 0.6) is 0 Å². The minimum absolute atomic E-state index is 0.213.